The predicted octanol–water partition coefficient (Wildman–Crippen LogP) is 4.53. The summed E-state index contributed by atoms with van der Waals surface area (Å²) in [6.45, 7) is 8.85. The second-order valence-electron chi connectivity index (χ2n) is 14.4. The van der Waals surface area contributed by atoms with Gasteiger partial charge in [-0.3, -0.25) is 9.59 Å². The number of aromatic nitrogens is 5. The molecule has 4 aromatic rings. The number of imide groups is 1. The van der Waals surface area contributed by atoms with Crippen molar-refractivity contribution in [3.05, 3.63) is 72.4 Å². The number of hydrogen-bond donors (Lipinski definition) is 3. The largest absolute Gasteiger partial charge is 0.444 e. The molecule has 2 fully saturated rings. The van der Waals surface area contributed by atoms with Crippen LogP contribution in [0.4, 0.5) is 16.3 Å². The topological polar surface area (TPSA) is 182 Å². The van der Waals surface area contributed by atoms with E-state index in [1.165, 1.54) is 4.90 Å². The number of amides is 3. The summed E-state index contributed by atoms with van der Waals surface area (Å²) in [6, 6.07) is 17.9. The molecule has 0 radical (unpaired) electrons. The van der Waals surface area contributed by atoms with Crippen LogP contribution in [-0.4, -0.2) is 88.0 Å². The molecule has 52 heavy (non-hydrogen) atoms. The van der Waals surface area contributed by atoms with Crippen molar-refractivity contribution >= 4 is 29.4 Å². The summed E-state index contributed by atoms with van der Waals surface area (Å²) in [7, 11) is 0. The van der Waals surface area contributed by atoms with E-state index in [0.29, 0.717) is 49.7 Å². The number of benzene rings is 2. The van der Waals surface area contributed by atoms with Crippen molar-refractivity contribution in [1.29, 1.82) is 0 Å². The highest BCUT2D eigenvalue weighted by Crippen LogP contribution is 2.32. The number of hydrogen-bond acceptors (Lipinski definition) is 11. The van der Waals surface area contributed by atoms with Crippen molar-refractivity contribution in [2.45, 2.75) is 64.5 Å². The third kappa shape index (κ3) is 9.36. The van der Waals surface area contributed by atoms with Crippen LogP contribution in [0.15, 0.2) is 66.9 Å². The van der Waals surface area contributed by atoms with Crippen molar-refractivity contribution in [2.24, 2.45) is 17.6 Å². The molecule has 3 amide bonds. The van der Waals surface area contributed by atoms with Crippen LogP contribution in [0.1, 0.15) is 52.0 Å². The molecule has 2 aromatic heterocycles. The van der Waals surface area contributed by atoms with Gasteiger partial charge in [0.15, 0.2) is 0 Å². The van der Waals surface area contributed by atoms with E-state index >= 15 is 0 Å². The van der Waals surface area contributed by atoms with Gasteiger partial charge in [-0.05, 0) is 117 Å². The number of nitrogens with zero attached hydrogens (tertiary/aromatic N) is 6. The maximum absolute atomic E-state index is 14.2. The quantitative estimate of drug-likeness (QED) is 0.211. The zero-order valence-corrected chi connectivity index (χ0v) is 30.0. The standard InChI is InChI=1S/C38H47N9O5/c1-38(2,3)52-37(50)41-24-25-7-9-28(10-8-25)35(48)47(31-13-11-27(12-14-31)34-42-44-45-43-34)36(49)32(39)22-26-5-4-6-29(21-26)30-15-16-40-33(23-30)46-17-19-51-20-18-46/h4-6,11-16,21,23,25,28,32H,7-10,17-20,22,24,39H2,1-3H3,(H,41,50)(H,42,43,44,45)/t25?,28?,32-/m0/s1. The molecule has 3 heterocycles. The molecule has 14 heteroatoms. The number of morpholine rings is 1. The Kier molecular flexibility index (Phi) is 11.6. The molecule has 2 aliphatic rings. The molecule has 1 aliphatic heterocycles. The molecule has 4 N–H and O–H groups in total. The average Bonchev–Trinajstić information content (AvgIpc) is 3.70. The second kappa shape index (κ2) is 16.4. The van der Waals surface area contributed by atoms with E-state index in [2.05, 4.69) is 41.9 Å². The van der Waals surface area contributed by atoms with Gasteiger partial charge in [-0.2, -0.15) is 5.21 Å². The van der Waals surface area contributed by atoms with Crippen LogP contribution in [0.2, 0.25) is 0 Å². The Morgan fingerprint density at radius 1 is 1.00 bits per heavy atom. The maximum atomic E-state index is 14.2. The summed E-state index contributed by atoms with van der Waals surface area (Å²) >= 11 is 0. The van der Waals surface area contributed by atoms with Crippen molar-refractivity contribution < 1.29 is 23.9 Å². The number of anilines is 2. The van der Waals surface area contributed by atoms with E-state index in [9.17, 15) is 14.4 Å². The molecule has 1 saturated carbocycles. The van der Waals surface area contributed by atoms with E-state index in [4.69, 9.17) is 15.2 Å². The van der Waals surface area contributed by atoms with Gasteiger partial charge in [0, 0.05) is 37.3 Å². The minimum atomic E-state index is -0.980. The van der Waals surface area contributed by atoms with E-state index in [1.54, 1.807) is 30.5 Å². The molecule has 14 nitrogen and oxygen atoms in total. The van der Waals surface area contributed by atoms with Crippen molar-refractivity contribution in [3.63, 3.8) is 0 Å². The third-order valence-electron chi connectivity index (χ3n) is 9.41. The summed E-state index contributed by atoms with van der Waals surface area (Å²) in [5.41, 5.74) is 10.0. The molecule has 0 unspecified atom stereocenters. The second-order valence-corrected chi connectivity index (χ2v) is 14.4. The van der Waals surface area contributed by atoms with E-state index in [-0.39, 0.29) is 24.2 Å². The third-order valence-corrected chi connectivity index (χ3v) is 9.41. The number of tetrazole rings is 1. The summed E-state index contributed by atoms with van der Waals surface area (Å²) in [4.78, 5) is 48.7. The van der Waals surface area contributed by atoms with Crippen LogP contribution in [0.25, 0.3) is 22.5 Å². The first-order valence-corrected chi connectivity index (χ1v) is 17.9. The fraction of sp³-hybridized carbons (Fsp3) is 0.447. The molecule has 6 rings (SSSR count). The molecular weight excluding hydrogens is 662 g/mol. The number of aromatic amines is 1. The van der Waals surface area contributed by atoms with Crippen LogP contribution in [0, 0.1) is 11.8 Å². The van der Waals surface area contributed by atoms with Crippen molar-refractivity contribution in [3.8, 4) is 22.5 Å². The highest BCUT2D eigenvalue weighted by molar-refractivity contribution is 6.17. The molecule has 0 bridgehead atoms. The van der Waals surface area contributed by atoms with E-state index in [0.717, 1.165) is 48.4 Å². The Morgan fingerprint density at radius 2 is 1.73 bits per heavy atom. The summed E-state index contributed by atoms with van der Waals surface area (Å²) in [6.07, 6.45) is 4.21. The molecule has 274 valence electrons. The van der Waals surface area contributed by atoms with Crippen molar-refractivity contribution in [2.75, 3.05) is 42.6 Å². The smallest absolute Gasteiger partial charge is 0.407 e. The van der Waals surface area contributed by atoms with Gasteiger partial charge >= 0.3 is 6.09 Å². The number of rotatable bonds is 10. The Morgan fingerprint density at radius 3 is 2.42 bits per heavy atom. The normalized spacial score (nSPS) is 18.3. The van der Waals surface area contributed by atoms with Crippen LogP contribution in [0.3, 0.4) is 0 Å². The van der Waals surface area contributed by atoms with Gasteiger partial charge in [-0.15, -0.1) is 10.2 Å². The highest BCUT2D eigenvalue weighted by atomic mass is 16.6. The van der Waals surface area contributed by atoms with Gasteiger partial charge < -0.3 is 25.4 Å². The molecular formula is C38H47N9O5. The lowest BCUT2D eigenvalue weighted by molar-refractivity contribution is -0.130. The number of H-pyrrole nitrogens is 1. The molecule has 2 aromatic carbocycles. The monoisotopic (exact) mass is 709 g/mol. The molecule has 1 saturated heterocycles. The minimum Gasteiger partial charge on any atom is -0.444 e. The predicted molar refractivity (Wildman–Crippen MR) is 196 cm³/mol. The van der Waals surface area contributed by atoms with Crippen molar-refractivity contribution in [1.82, 2.24) is 30.9 Å². The average molecular weight is 710 g/mol. The van der Waals surface area contributed by atoms with Gasteiger partial charge in [0.05, 0.1) is 24.9 Å². The maximum Gasteiger partial charge on any atom is 0.407 e. The SMILES string of the molecule is CC(C)(C)OC(=O)NCC1CCC(C(=O)N(C(=O)[C@@H](N)Cc2cccc(-c3ccnc(N4CCOCC4)c3)c2)c2ccc(-c3nn[nH]n3)cc2)CC1. The van der Waals surface area contributed by atoms with E-state index < -0.39 is 23.6 Å². The van der Waals surface area contributed by atoms with Crippen LogP contribution in [-0.2, 0) is 25.5 Å². The Bertz CT molecular complexity index is 1810. The summed E-state index contributed by atoms with van der Waals surface area (Å²) in [5.74, 6) is 0.363. The number of alkyl carbamates (subject to hydrolysis) is 1. The van der Waals surface area contributed by atoms with Gasteiger partial charge in [0.2, 0.25) is 11.7 Å². The first kappa shape index (κ1) is 36.6. The zero-order valence-electron chi connectivity index (χ0n) is 30.0. The molecule has 1 atom stereocenters. The number of carbonyl (C=O) groups is 3. The lowest BCUT2D eigenvalue weighted by Gasteiger charge is -2.32. The Hall–Kier alpha value is -5.21. The first-order valence-electron chi connectivity index (χ1n) is 17.9. The van der Waals surface area contributed by atoms with Gasteiger partial charge in [0.25, 0.3) is 5.91 Å². The van der Waals surface area contributed by atoms with Gasteiger partial charge in [0.1, 0.15) is 11.4 Å². The van der Waals surface area contributed by atoms with Gasteiger partial charge in [-0.25, -0.2) is 14.7 Å². The number of nitrogens with one attached hydrogen (secondary N) is 2. The van der Waals surface area contributed by atoms with Gasteiger partial charge in [-0.1, -0.05) is 24.3 Å². The fourth-order valence-electron chi connectivity index (χ4n) is 6.69. The lowest BCUT2D eigenvalue weighted by atomic mass is 9.81. The Labute approximate surface area is 303 Å². The fourth-order valence-corrected chi connectivity index (χ4v) is 6.69. The highest BCUT2D eigenvalue weighted by Gasteiger charge is 2.35. The number of carbonyl (C=O) groups excluding carboxylic acids is 3. The molecule has 1 aliphatic carbocycles. The zero-order chi connectivity index (χ0) is 36.7. The van der Waals surface area contributed by atoms with E-state index in [1.807, 2.05) is 51.1 Å². The van der Waals surface area contributed by atoms with Crippen LogP contribution >= 0.6 is 0 Å². The lowest BCUT2D eigenvalue weighted by Crippen LogP contribution is -2.50. The summed E-state index contributed by atoms with van der Waals surface area (Å²) in [5, 5.41) is 17.0. The number of ether oxygens (including phenoxy) is 2. The van der Waals surface area contributed by atoms with Crippen LogP contribution in [0.5, 0.6) is 0 Å². The number of nitrogens with two attached hydrogens (primary N) is 1. The van der Waals surface area contributed by atoms with Crippen LogP contribution < -0.4 is 20.9 Å². The minimum absolute atomic E-state index is 0.204. The summed E-state index contributed by atoms with van der Waals surface area (Å²) < 4.78 is 10.9. The first-order chi connectivity index (χ1) is 25.0. The number of pyridine rings is 1. The molecule has 0 spiro atoms. The Balaban J connectivity index is 1.16.